The lowest BCUT2D eigenvalue weighted by Gasteiger charge is -2.26. The molecule has 1 saturated heterocycles. The number of ether oxygens (including phenoxy) is 1. The van der Waals surface area contributed by atoms with Crippen LogP contribution in [0.25, 0.3) is 0 Å². The zero-order valence-corrected chi connectivity index (χ0v) is 13.5. The van der Waals surface area contributed by atoms with Crippen LogP contribution in [0.1, 0.15) is 5.56 Å². The van der Waals surface area contributed by atoms with Crippen molar-refractivity contribution >= 4 is 17.5 Å². The van der Waals surface area contributed by atoms with Crippen molar-refractivity contribution in [2.45, 2.75) is 6.92 Å². The van der Waals surface area contributed by atoms with E-state index < -0.39 is 0 Å². The van der Waals surface area contributed by atoms with Gasteiger partial charge in [-0.2, -0.15) is 4.98 Å². The van der Waals surface area contributed by atoms with Gasteiger partial charge < -0.3 is 15.4 Å². The van der Waals surface area contributed by atoms with Crippen molar-refractivity contribution in [3.05, 3.63) is 42.1 Å². The number of morpholine rings is 1. The Morgan fingerprint density at radius 3 is 2.83 bits per heavy atom. The van der Waals surface area contributed by atoms with Crippen LogP contribution in [-0.2, 0) is 4.74 Å². The van der Waals surface area contributed by atoms with Crippen LogP contribution in [0.15, 0.2) is 36.5 Å². The van der Waals surface area contributed by atoms with Gasteiger partial charge in [-0.15, -0.1) is 0 Å². The van der Waals surface area contributed by atoms with E-state index in [1.807, 2.05) is 24.3 Å². The number of nitrogens with one attached hydrogen (secondary N) is 2. The molecule has 6 heteroatoms. The minimum Gasteiger partial charge on any atom is -0.379 e. The lowest BCUT2D eigenvalue weighted by atomic mass is 10.2. The van der Waals surface area contributed by atoms with Crippen LogP contribution in [0.4, 0.5) is 17.5 Å². The standard InChI is InChI=1S/C17H23N5O/c1-14-4-2-3-5-15(14)20-17-19-7-6-16(21-17)18-8-9-22-10-12-23-13-11-22/h2-7H,8-13H2,1H3,(H2,18,19,20,21). The summed E-state index contributed by atoms with van der Waals surface area (Å²) < 4.78 is 5.36. The molecule has 2 heterocycles. The smallest absolute Gasteiger partial charge is 0.229 e. The summed E-state index contributed by atoms with van der Waals surface area (Å²) in [4.78, 5) is 11.2. The van der Waals surface area contributed by atoms with Crippen LogP contribution in [0, 0.1) is 6.92 Å². The quantitative estimate of drug-likeness (QED) is 0.853. The van der Waals surface area contributed by atoms with E-state index in [0.29, 0.717) is 5.95 Å². The van der Waals surface area contributed by atoms with Gasteiger partial charge in [-0.05, 0) is 24.6 Å². The molecule has 1 aromatic heterocycles. The van der Waals surface area contributed by atoms with E-state index >= 15 is 0 Å². The summed E-state index contributed by atoms with van der Waals surface area (Å²) in [5.74, 6) is 1.44. The molecule has 1 aliphatic heterocycles. The number of rotatable bonds is 6. The maximum Gasteiger partial charge on any atom is 0.229 e. The van der Waals surface area contributed by atoms with Crippen LogP contribution in [0.5, 0.6) is 0 Å². The molecule has 0 unspecified atom stereocenters. The number of benzene rings is 1. The molecule has 0 amide bonds. The maximum atomic E-state index is 5.36. The van der Waals surface area contributed by atoms with E-state index in [-0.39, 0.29) is 0 Å². The van der Waals surface area contributed by atoms with Gasteiger partial charge in [0.15, 0.2) is 0 Å². The second-order valence-corrected chi connectivity index (χ2v) is 5.59. The van der Waals surface area contributed by atoms with Crippen LogP contribution >= 0.6 is 0 Å². The van der Waals surface area contributed by atoms with Gasteiger partial charge in [-0.25, -0.2) is 4.98 Å². The Kier molecular flexibility index (Phi) is 5.39. The number of hydrogen-bond acceptors (Lipinski definition) is 6. The molecule has 1 aromatic carbocycles. The van der Waals surface area contributed by atoms with Gasteiger partial charge in [0.25, 0.3) is 0 Å². The van der Waals surface area contributed by atoms with E-state index in [1.54, 1.807) is 6.20 Å². The number of para-hydroxylation sites is 1. The summed E-state index contributed by atoms with van der Waals surface area (Å²) in [7, 11) is 0. The van der Waals surface area contributed by atoms with E-state index in [0.717, 1.165) is 50.9 Å². The van der Waals surface area contributed by atoms with Gasteiger partial charge in [0.05, 0.1) is 13.2 Å². The minimum atomic E-state index is 0.607. The fourth-order valence-corrected chi connectivity index (χ4v) is 2.52. The van der Waals surface area contributed by atoms with Gasteiger partial charge in [0.1, 0.15) is 5.82 Å². The van der Waals surface area contributed by atoms with Crippen LogP contribution in [0.3, 0.4) is 0 Å². The SMILES string of the molecule is Cc1ccccc1Nc1nccc(NCCN2CCOCC2)n1. The van der Waals surface area contributed by atoms with Gasteiger partial charge >= 0.3 is 0 Å². The van der Waals surface area contributed by atoms with Crippen molar-refractivity contribution in [1.29, 1.82) is 0 Å². The molecule has 2 aromatic rings. The summed E-state index contributed by atoms with van der Waals surface area (Å²) in [5, 5.41) is 6.62. The van der Waals surface area contributed by atoms with Crippen molar-refractivity contribution < 1.29 is 4.74 Å². The highest BCUT2D eigenvalue weighted by atomic mass is 16.5. The predicted molar refractivity (Wildman–Crippen MR) is 92.2 cm³/mol. The molecule has 23 heavy (non-hydrogen) atoms. The summed E-state index contributed by atoms with van der Waals surface area (Å²) in [6, 6.07) is 10.00. The molecule has 0 atom stereocenters. The molecule has 6 nitrogen and oxygen atoms in total. The Hall–Kier alpha value is -2.18. The van der Waals surface area contributed by atoms with E-state index in [4.69, 9.17) is 4.74 Å². The molecule has 0 spiro atoms. The molecule has 3 rings (SSSR count). The van der Waals surface area contributed by atoms with Gasteiger partial charge in [-0.1, -0.05) is 18.2 Å². The molecule has 0 radical (unpaired) electrons. The predicted octanol–water partition coefficient (Wildman–Crippen LogP) is 2.27. The lowest BCUT2D eigenvalue weighted by molar-refractivity contribution is 0.0398. The first-order valence-corrected chi connectivity index (χ1v) is 8.01. The second kappa shape index (κ2) is 7.89. The Morgan fingerprint density at radius 2 is 2.00 bits per heavy atom. The normalized spacial score (nSPS) is 15.3. The molecule has 2 N–H and O–H groups in total. The Balaban J connectivity index is 1.53. The third kappa shape index (κ3) is 4.64. The average Bonchev–Trinajstić information content (AvgIpc) is 2.58. The van der Waals surface area contributed by atoms with Crippen LogP contribution in [0.2, 0.25) is 0 Å². The van der Waals surface area contributed by atoms with Crippen molar-refractivity contribution in [2.24, 2.45) is 0 Å². The van der Waals surface area contributed by atoms with Gasteiger partial charge in [-0.3, -0.25) is 4.90 Å². The van der Waals surface area contributed by atoms with Gasteiger partial charge in [0, 0.05) is 38.1 Å². The van der Waals surface area contributed by atoms with Crippen LogP contribution < -0.4 is 10.6 Å². The molecule has 0 aliphatic carbocycles. The molecule has 0 bridgehead atoms. The summed E-state index contributed by atoms with van der Waals surface area (Å²) in [5.41, 5.74) is 2.19. The Bertz CT molecular complexity index is 628. The highest BCUT2D eigenvalue weighted by Gasteiger charge is 2.09. The molecule has 1 aliphatic rings. The lowest BCUT2D eigenvalue weighted by Crippen LogP contribution is -2.39. The molecule has 122 valence electrons. The van der Waals surface area contributed by atoms with Crippen molar-refractivity contribution in [3.63, 3.8) is 0 Å². The summed E-state index contributed by atoms with van der Waals surface area (Å²) >= 11 is 0. The Morgan fingerprint density at radius 1 is 1.17 bits per heavy atom. The van der Waals surface area contributed by atoms with Crippen molar-refractivity contribution in [3.8, 4) is 0 Å². The average molecular weight is 313 g/mol. The summed E-state index contributed by atoms with van der Waals surface area (Å²) in [6.07, 6.45) is 1.77. The zero-order chi connectivity index (χ0) is 15.9. The molecule has 1 fully saturated rings. The largest absolute Gasteiger partial charge is 0.379 e. The first kappa shape index (κ1) is 15.7. The number of hydrogen-bond donors (Lipinski definition) is 2. The highest BCUT2D eigenvalue weighted by Crippen LogP contribution is 2.17. The van der Waals surface area contributed by atoms with Crippen LogP contribution in [-0.4, -0.2) is 54.3 Å². The zero-order valence-electron chi connectivity index (χ0n) is 13.5. The first-order chi connectivity index (χ1) is 11.3. The monoisotopic (exact) mass is 313 g/mol. The number of nitrogens with zero attached hydrogens (tertiary/aromatic N) is 3. The molecular formula is C17H23N5O. The van der Waals surface area contributed by atoms with E-state index in [9.17, 15) is 0 Å². The van der Waals surface area contributed by atoms with Gasteiger partial charge in [0.2, 0.25) is 5.95 Å². The second-order valence-electron chi connectivity index (χ2n) is 5.59. The number of anilines is 3. The molecular weight excluding hydrogens is 290 g/mol. The third-order valence-corrected chi connectivity index (χ3v) is 3.88. The highest BCUT2D eigenvalue weighted by molar-refractivity contribution is 5.58. The molecule has 0 saturated carbocycles. The summed E-state index contributed by atoms with van der Waals surface area (Å²) in [6.45, 7) is 7.59. The topological polar surface area (TPSA) is 62.3 Å². The Labute approximate surface area is 136 Å². The number of aryl methyl sites for hydroxylation is 1. The number of aromatic nitrogens is 2. The third-order valence-electron chi connectivity index (χ3n) is 3.88. The van der Waals surface area contributed by atoms with Crippen molar-refractivity contribution in [2.75, 3.05) is 50.0 Å². The van der Waals surface area contributed by atoms with E-state index in [1.165, 1.54) is 5.56 Å². The van der Waals surface area contributed by atoms with Crippen molar-refractivity contribution in [1.82, 2.24) is 14.9 Å². The minimum absolute atomic E-state index is 0.607. The first-order valence-electron chi connectivity index (χ1n) is 8.01. The maximum absolute atomic E-state index is 5.36. The fraction of sp³-hybridized carbons (Fsp3) is 0.412. The fourth-order valence-electron chi connectivity index (χ4n) is 2.52. The van der Waals surface area contributed by atoms with E-state index in [2.05, 4.69) is 38.5 Å².